The Labute approximate surface area is 243 Å². The minimum Gasteiger partial charge on any atom is -0.494 e. The summed E-state index contributed by atoms with van der Waals surface area (Å²) in [5, 5.41) is 21.3. The van der Waals surface area contributed by atoms with Crippen LogP contribution in [0.3, 0.4) is 0 Å². The van der Waals surface area contributed by atoms with Crippen molar-refractivity contribution in [2.45, 2.75) is 102 Å². The van der Waals surface area contributed by atoms with E-state index in [0.717, 1.165) is 45.3 Å². The van der Waals surface area contributed by atoms with Crippen molar-refractivity contribution in [1.29, 1.82) is 0 Å². The standard InChI is InChI=1S/C30H40N2O6S2/c1-29(2,17-31-25(35)15-23-21(27(31)37)9-13-39-23)11-7-19(33)5-6-20(34)8-12-30(3,4)18-32-26(36)16-24-22(28(32)38)10-14-40-24/h15-16,37-38H,5-14,17-18H2,1-4H3. The van der Waals surface area contributed by atoms with Crippen molar-refractivity contribution in [3.63, 3.8) is 0 Å². The van der Waals surface area contributed by atoms with E-state index in [4.69, 9.17) is 0 Å². The summed E-state index contributed by atoms with van der Waals surface area (Å²) in [6.07, 6.45) is 3.54. The predicted molar refractivity (Wildman–Crippen MR) is 159 cm³/mol. The zero-order valence-corrected chi connectivity index (χ0v) is 25.5. The van der Waals surface area contributed by atoms with Gasteiger partial charge in [-0.2, -0.15) is 0 Å². The van der Waals surface area contributed by atoms with Crippen molar-refractivity contribution in [3.05, 3.63) is 44.0 Å². The van der Waals surface area contributed by atoms with Crippen LogP contribution in [0.4, 0.5) is 0 Å². The number of nitrogens with zero attached hydrogens (tertiary/aromatic N) is 2. The highest BCUT2D eigenvalue weighted by atomic mass is 32.2. The number of thioether (sulfide) groups is 2. The monoisotopic (exact) mass is 588 g/mol. The van der Waals surface area contributed by atoms with Crippen LogP contribution in [0.5, 0.6) is 11.8 Å². The van der Waals surface area contributed by atoms with Crippen LogP contribution in [0.1, 0.15) is 77.3 Å². The third kappa shape index (κ3) is 7.24. The molecule has 2 aromatic rings. The van der Waals surface area contributed by atoms with E-state index >= 15 is 0 Å². The fraction of sp³-hybridized carbons (Fsp3) is 0.600. The number of hydrogen-bond donors (Lipinski definition) is 2. The van der Waals surface area contributed by atoms with Crippen LogP contribution < -0.4 is 11.1 Å². The molecule has 8 nitrogen and oxygen atoms in total. The first kappa shape index (κ1) is 30.5. The number of pyridine rings is 2. The van der Waals surface area contributed by atoms with E-state index in [0.29, 0.717) is 38.8 Å². The first-order valence-corrected chi connectivity index (χ1v) is 15.9. The fourth-order valence-electron chi connectivity index (χ4n) is 5.37. The van der Waals surface area contributed by atoms with E-state index in [-0.39, 0.29) is 58.1 Å². The van der Waals surface area contributed by atoms with E-state index in [1.165, 1.54) is 9.13 Å². The lowest BCUT2D eigenvalue weighted by Crippen LogP contribution is -2.29. The van der Waals surface area contributed by atoms with E-state index in [1.807, 2.05) is 27.7 Å². The quantitative estimate of drug-likeness (QED) is 0.338. The molecule has 0 aliphatic carbocycles. The van der Waals surface area contributed by atoms with Crippen LogP contribution in [0, 0.1) is 10.8 Å². The Balaban J connectivity index is 1.22. The molecular formula is C30H40N2O6S2. The van der Waals surface area contributed by atoms with Gasteiger partial charge in [-0.15, -0.1) is 23.5 Å². The first-order chi connectivity index (χ1) is 18.8. The molecule has 2 aliphatic heterocycles. The summed E-state index contributed by atoms with van der Waals surface area (Å²) in [7, 11) is 0. The van der Waals surface area contributed by atoms with Gasteiger partial charge in [0, 0.05) is 83.3 Å². The lowest BCUT2D eigenvalue weighted by molar-refractivity contribution is -0.124. The van der Waals surface area contributed by atoms with Gasteiger partial charge in [-0.1, -0.05) is 27.7 Å². The molecule has 0 radical (unpaired) electrons. The number of Topliss-reactive ketones (excluding diaryl/α,β-unsaturated/α-hetero) is 2. The maximum Gasteiger partial charge on any atom is 0.254 e. The summed E-state index contributed by atoms with van der Waals surface area (Å²) in [5.41, 5.74) is 0.430. The molecule has 40 heavy (non-hydrogen) atoms. The molecule has 0 fully saturated rings. The molecule has 0 amide bonds. The van der Waals surface area contributed by atoms with Gasteiger partial charge in [0.1, 0.15) is 11.6 Å². The summed E-state index contributed by atoms with van der Waals surface area (Å²) < 4.78 is 2.83. The maximum atomic E-state index is 12.6. The molecule has 0 atom stereocenters. The van der Waals surface area contributed by atoms with Gasteiger partial charge in [0.25, 0.3) is 11.1 Å². The summed E-state index contributed by atoms with van der Waals surface area (Å²) in [6, 6.07) is 3.18. The number of carbonyl (C=O) groups excluding carboxylic acids is 2. The third-order valence-electron chi connectivity index (χ3n) is 7.92. The van der Waals surface area contributed by atoms with Gasteiger partial charge in [0.2, 0.25) is 0 Å². The molecule has 2 aromatic heterocycles. The van der Waals surface area contributed by atoms with Crippen molar-refractivity contribution in [2.75, 3.05) is 11.5 Å². The summed E-state index contributed by atoms with van der Waals surface area (Å²) in [5.74, 6) is 1.81. The average Bonchev–Trinajstić information content (AvgIpc) is 3.55. The number of aromatic hydroxyl groups is 2. The minimum atomic E-state index is -0.384. The van der Waals surface area contributed by atoms with Crippen LogP contribution in [-0.2, 0) is 35.5 Å². The Hall–Kier alpha value is -2.46. The zero-order valence-electron chi connectivity index (χ0n) is 23.9. The van der Waals surface area contributed by atoms with Crippen LogP contribution in [-0.4, -0.2) is 42.4 Å². The Bertz CT molecular complexity index is 1320. The number of rotatable bonds is 13. The number of hydrogen-bond acceptors (Lipinski definition) is 8. The smallest absolute Gasteiger partial charge is 0.254 e. The summed E-state index contributed by atoms with van der Waals surface area (Å²) in [6.45, 7) is 8.54. The van der Waals surface area contributed by atoms with Crippen molar-refractivity contribution in [3.8, 4) is 11.8 Å². The largest absolute Gasteiger partial charge is 0.494 e. The minimum absolute atomic E-state index is 0.00935. The number of fused-ring (bicyclic) bond motifs is 2. The van der Waals surface area contributed by atoms with Crippen molar-refractivity contribution < 1.29 is 19.8 Å². The molecule has 0 unspecified atom stereocenters. The zero-order chi connectivity index (χ0) is 29.2. The van der Waals surface area contributed by atoms with Crippen molar-refractivity contribution >= 4 is 35.1 Å². The topological polar surface area (TPSA) is 119 Å². The number of carbonyl (C=O) groups is 2. The molecule has 218 valence electrons. The van der Waals surface area contributed by atoms with Gasteiger partial charge in [-0.05, 0) is 36.5 Å². The highest BCUT2D eigenvalue weighted by molar-refractivity contribution is 7.99. The average molecular weight is 589 g/mol. The predicted octanol–water partition coefficient (Wildman–Crippen LogP) is 4.95. The van der Waals surface area contributed by atoms with Crippen LogP contribution >= 0.6 is 23.5 Å². The molecule has 2 aliphatic rings. The second kappa shape index (κ2) is 12.2. The van der Waals surface area contributed by atoms with Crippen molar-refractivity contribution in [1.82, 2.24) is 9.13 Å². The molecule has 4 heterocycles. The van der Waals surface area contributed by atoms with E-state index in [2.05, 4.69) is 0 Å². The molecule has 0 spiro atoms. The molecule has 0 bridgehead atoms. The molecular weight excluding hydrogens is 548 g/mol. The Kier molecular flexibility index (Phi) is 9.29. The van der Waals surface area contributed by atoms with Crippen molar-refractivity contribution in [2.24, 2.45) is 10.8 Å². The van der Waals surface area contributed by atoms with Gasteiger partial charge < -0.3 is 10.2 Å². The van der Waals surface area contributed by atoms with Gasteiger partial charge in [-0.3, -0.25) is 28.3 Å². The maximum absolute atomic E-state index is 12.6. The molecule has 0 saturated carbocycles. The molecule has 0 saturated heterocycles. The molecule has 2 N–H and O–H groups in total. The van der Waals surface area contributed by atoms with Gasteiger partial charge in [0.05, 0.1) is 0 Å². The Morgan fingerprint density at radius 1 is 0.725 bits per heavy atom. The Morgan fingerprint density at radius 2 is 1.10 bits per heavy atom. The fourth-order valence-corrected chi connectivity index (χ4v) is 7.52. The number of ketones is 2. The van der Waals surface area contributed by atoms with E-state index in [1.54, 1.807) is 35.7 Å². The van der Waals surface area contributed by atoms with Gasteiger partial charge in [-0.25, -0.2) is 0 Å². The van der Waals surface area contributed by atoms with Crippen LogP contribution in [0.25, 0.3) is 0 Å². The number of aromatic nitrogens is 2. The highest BCUT2D eigenvalue weighted by Gasteiger charge is 2.27. The second-order valence-electron chi connectivity index (χ2n) is 12.6. The lowest BCUT2D eigenvalue weighted by atomic mass is 9.85. The van der Waals surface area contributed by atoms with E-state index < -0.39 is 0 Å². The summed E-state index contributed by atoms with van der Waals surface area (Å²) in [4.78, 5) is 52.0. The molecule has 4 rings (SSSR count). The molecule has 0 aromatic carbocycles. The van der Waals surface area contributed by atoms with E-state index in [9.17, 15) is 29.4 Å². The normalized spacial score (nSPS) is 14.8. The first-order valence-electron chi connectivity index (χ1n) is 14.0. The van der Waals surface area contributed by atoms with Gasteiger partial charge in [0.15, 0.2) is 11.8 Å². The Morgan fingerprint density at radius 3 is 1.48 bits per heavy atom. The molecule has 10 heteroatoms. The second-order valence-corrected chi connectivity index (χ2v) is 14.8. The highest BCUT2D eigenvalue weighted by Crippen LogP contribution is 2.38. The van der Waals surface area contributed by atoms with Gasteiger partial charge >= 0.3 is 0 Å². The third-order valence-corrected chi connectivity index (χ3v) is 10.1. The lowest BCUT2D eigenvalue weighted by Gasteiger charge is -2.26. The SMILES string of the molecule is CC(C)(CCC(=O)CCC(=O)CCC(C)(C)Cn1c(O)c2c(cc1=O)SCC2)Cn1c(O)c2c(cc1=O)SCC2. The van der Waals surface area contributed by atoms with Crippen LogP contribution in [0.2, 0.25) is 0 Å². The van der Waals surface area contributed by atoms with Crippen LogP contribution in [0.15, 0.2) is 31.5 Å². The summed E-state index contributed by atoms with van der Waals surface area (Å²) >= 11 is 3.17.